The summed E-state index contributed by atoms with van der Waals surface area (Å²) >= 11 is -6.38. The number of hydrogen-bond acceptors (Lipinski definition) is 6. The van der Waals surface area contributed by atoms with Gasteiger partial charge in [0.05, 0.1) is 0 Å². The third-order valence-corrected chi connectivity index (χ3v) is 13.8. The third-order valence-electron chi connectivity index (χ3n) is 3.51. The maximum absolute atomic E-state index is 16.1. The predicted octanol–water partition coefficient (Wildman–Crippen LogP) is 0.174. The molecule has 164 valence electrons. The van der Waals surface area contributed by atoms with Crippen molar-refractivity contribution < 1.29 is 62.6 Å². The van der Waals surface area contributed by atoms with Crippen molar-refractivity contribution in [3.05, 3.63) is 55.7 Å². The van der Waals surface area contributed by atoms with Crippen molar-refractivity contribution in [2.75, 3.05) is 27.8 Å². The second-order valence-electron chi connectivity index (χ2n) is 5.43. The van der Waals surface area contributed by atoms with Gasteiger partial charge in [0.1, 0.15) is 0 Å². The average Bonchev–Trinajstić information content (AvgIpc) is 2.70. The zero-order valence-electron chi connectivity index (χ0n) is 15.3. The monoisotopic (exact) mass is 551 g/mol. The molecule has 0 heterocycles. The van der Waals surface area contributed by atoms with E-state index in [1.54, 1.807) is 0 Å². The first-order valence-corrected chi connectivity index (χ1v) is 13.3. The number of rotatable bonds is 10. The van der Waals surface area contributed by atoms with Crippen molar-refractivity contribution in [2.45, 2.75) is 3.26 Å². The van der Waals surface area contributed by atoms with Crippen molar-refractivity contribution >= 4 is 10.1 Å². The number of alkyl halides is 3. The van der Waals surface area contributed by atoms with Crippen LogP contribution < -0.4 is 28.5 Å². The fraction of sp³-hybridized carbons (Fsp3) is 0.294. The Bertz CT molecular complexity index is 854. The zero-order chi connectivity index (χ0) is 21.7. The van der Waals surface area contributed by atoms with Crippen LogP contribution in [0.2, 0.25) is 0 Å². The standard InChI is InChI=1S/C17H19F3IO7S/c1-25-11-27-15-7-3-13(4-8-15)21(20,17(18,19)29(22,23)24)14-5-9-16(10-6-14)28-12-26-2/h3-10H,11-12H2,1-2H3,(H,22,23,24)/q-1. The summed E-state index contributed by atoms with van der Waals surface area (Å²) in [6.07, 6.45) is 0. The van der Waals surface area contributed by atoms with Crippen molar-refractivity contribution in [3.63, 3.8) is 0 Å². The molecule has 2 aromatic rings. The summed E-state index contributed by atoms with van der Waals surface area (Å²) in [5, 5.41) is 0. The molecule has 0 saturated carbocycles. The van der Waals surface area contributed by atoms with Gasteiger partial charge in [0.15, 0.2) is 0 Å². The molecule has 0 amide bonds. The molecule has 12 heteroatoms. The molecule has 0 aliphatic heterocycles. The van der Waals surface area contributed by atoms with Crippen molar-refractivity contribution in [1.29, 1.82) is 0 Å². The van der Waals surface area contributed by atoms with Gasteiger partial charge in [-0.3, -0.25) is 0 Å². The second-order valence-corrected chi connectivity index (χ2v) is 14.3. The fourth-order valence-corrected chi connectivity index (χ4v) is 10.8. The SMILES string of the molecule is COCOc1ccc([I-](F)(c2ccc(OCOC)cc2)C(F)(F)S(=O)(=O)O)cc1. The molecule has 0 fully saturated rings. The van der Waals surface area contributed by atoms with Gasteiger partial charge in [0.25, 0.3) is 0 Å². The van der Waals surface area contributed by atoms with Crippen LogP contribution in [0, 0.1) is 7.14 Å². The summed E-state index contributed by atoms with van der Waals surface area (Å²) in [6, 6.07) is 8.88. The molecular weight excluding hydrogens is 532 g/mol. The van der Waals surface area contributed by atoms with Crippen LogP contribution in [-0.4, -0.2) is 44.0 Å². The minimum atomic E-state index is -6.38. The maximum atomic E-state index is 16.1. The van der Waals surface area contributed by atoms with E-state index in [1.807, 2.05) is 0 Å². The molecule has 0 spiro atoms. The van der Waals surface area contributed by atoms with Gasteiger partial charge in [-0.2, -0.15) is 0 Å². The van der Waals surface area contributed by atoms with Gasteiger partial charge in [-0.05, 0) is 0 Å². The van der Waals surface area contributed by atoms with E-state index >= 15 is 2.86 Å². The van der Waals surface area contributed by atoms with Crippen LogP contribution in [0.4, 0.5) is 11.6 Å². The summed E-state index contributed by atoms with van der Waals surface area (Å²) in [6.45, 7) is -0.240. The molecule has 0 saturated heterocycles. The quantitative estimate of drug-likeness (QED) is 0.195. The van der Waals surface area contributed by atoms with Crippen LogP contribution in [0.5, 0.6) is 11.5 Å². The molecule has 0 aliphatic rings. The number of methoxy groups -OCH3 is 2. The van der Waals surface area contributed by atoms with Crippen LogP contribution in [0.3, 0.4) is 0 Å². The molecule has 0 unspecified atom stereocenters. The Balaban J connectivity index is 2.55. The van der Waals surface area contributed by atoms with Crippen molar-refractivity contribution in [3.8, 4) is 11.5 Å². The van der Waals surface area contributed by atoms with Gasteiger partial charge >= 0.3 is 171 Å². The van der Waals surface area contributed by atoms with Gasteiger partial charge in [-0.1, -0.05) is 0 Å². The first-order chi connectivity index (χ1) is 13.6. The van der Waals surface area contributed by atoms with Gasteiger partial charge in [-0.15, -0.1) is 0 Å². The minimum absolute atomic E-state index is 0.120. The molecule has 7 nitrogen and oxygen atoms in total. The summed E-state index contributed by atoms with van der Waals surface area (Å²) in [5.41, 5.74) is 0. The summed E-state index contributed by atoms with van der Waals surface area (Å²) in [5.74, 6) is 0.412. The molecule has 29 heavy (non-hydrogen) atoms. The Morgan fingerprint density at radius 2 is 1.21 bits per heavy atom. The van der Waals surface area contributed by atoms with E-state index in [2.05, 4.69) is 0 Å². The first kappa shape index (κ1) is 23.7. The Labute approximate surface area is 170 Å². The normalized spacial score (nSPS) is 13.2. The predicted molar refractivity (Wildman–Crippen MR) is 92.9 cm³/mol. The zero-order valence-corrected chi connectivity index (χ0v) is 18.3. The van der Waals surface area contributed by atoms with Crippen molar-refractivity contribution in [2.24, 2.45) is 0 Å². The Hall–Kier alpha value is -1.61. The number of hydrogen-bond donors (Lipinski definition) is 1. The molecule has 1 N–H and O–H groups in total. The summed E-state index contributed by atoms with van der Waals surface area (Å²) < 4.78 is 91.0. The molecule has 0 bridgehead atoms. The fourth-order valence-electron chi connectivity index (χ4n) is 2.18. The molecular formula is C17H19F3IO7S-. The first-order valence-electron chi connectivity index (χ1n) is 7.83. The van der Waals surface area contributed by atoms with E-state index in [0.717, 1.165) is 24.3 Å². The van der Waals surface area contributed by atoms with Crippen LogP contribution in [0.1, 0.15) is 0 Å². The molecule has 0 aromatic heterocycles. The molecule has 2 aromatic carbocycles. The number of benzene rings is 2. The van der Waals surface area contributed by atoms with Gasteiger partial charge in [0.2, 0.25) is 0 Å². The van der Waals surface area contributed by atoms with E-state index in [9.17, 15) is 17.2 Å². The molecule has 0 radical (unpaired) electrons. The van der Waals surface area contributed by atoms with E-state index in [0.29, 0.717) is 0 Å². The van der Waals surface area contributed by atoms with Gasteiger partial charge in [0, 0.05) is 0 Å². The van der Waals surface area contributed by atoms with Gasteiger partial charge < -0.3 is 0 Å². The van der Waals surface area contributed by atoms with Crippen LogP contribution in [-0.2, 0) is 19.6 Å². The molecule has 0 aliphatic carbocycles. The van der Waals surface area contributed by atoms with Crippen LogP contribution >= 0.6 is 0 Å². The number of ether oxygens (including phenoxy) is 4. The number of halogens is 4. The van der Waals surface area contributed by atoms with E-state index in [4.69, 9.17) is 23.5 Å². The van der Waals surface area contributed by atoms with E-state index < -0.39 is 39.5 Å². The topological polar surface area (TPSA) is 91.3 Å². The second kappa shape index (κ2) is 9.47. The van der Waals surface area contributed by atoms with E-state index in [-0.39, 0.29) is 25.1 Å². The Morgan fingerprint density at radius 1 is 0.862 bits per heavy atom. The molecule has 0 atom stereocenters. The van der Waals surface area contributed by atoms with Crippen LogP contribution in [0.25, 0.3) is 0 Å². The van der Waals surface area contributed by atoms with E-state index in [1.165, 1.54) is 38.5 Å². The summed E-state index contributed by atoms with van der Waals surface area (Å²) in [4.78, 5) is 0. The summed E-state index contributed by atoms with van der Waals surface area (Å²) in [7, 11) is -3.28. The van der Waals surface area contributed by atoms with Crippen molar-refractivity contribution in [1.82, 2.24) is 0 Å². The molecule has 2 rings (SSSR count). The van der Waals surface area contributed by atoms with Gasteiger partial charge in [-0.25, -0.2) is 0 Å². The Kier molecular flexibility index (Phi) is 7.73. The average molecular weight is 551 g/mol. The third kappa shape index (κ3) is 4.94. The Morgan fingerprint density at radius 3 is 1.48 bits per heavy atom. The van der Waals surface area contributed by atoms with Crippen LogP contribution in [0.15, 0.2) is 48.5 Å².